The molecule has 0 aromatic heterocycles. The Hall–Kier alpha value is -2.71. The van der Waals surface area contributed by atoms with Gasteiger partial charge in [0, 0.05) is 25.4 Å². The van der Waals surface area contributed by atoms with Crippen LogP contribution in [-0.2, 0) is 35.1 Å². The molecular weight excluding hydrogens is 426 g/mol. The first kappa shape index (κ1) is 23.4. The van der Waals surface area contributed by atoms with Gasteiger partial charge < -0.3 is 23.7 Å². The Balaban J connectivity index is 1.64. The van der Waals surface area contributed by atoms with E-state index >= 15 is 0 Å². The number of carbonyl (C=O) groups excluding carboxylic acids is 3. The summed E-state index contributed by atoms with van der Waals surface area (Å²) in [4.78, 5) is 39.1. The summed E-state index contributed by atoms with van der Waals surface area (Å²) in [7, 11) is 1.30. The van der Waals surface area contributed by atoms with Crippen molar-refractivity contribution >= 4 is 18.3 Å². The number of benzene rings is 1. The van der Waals surface area contributed by atoms with Crippen LogP contribution in [0, 0.1) is 5.92 Å². The van der Waals surface area contributed by atoms with Gasteiger partial charge in [-0.05, 0) is 31.2 Å². The van der Waals surface area contributed by atoms with Crippen LogP contribution >= 0.6 is 0 Å². The highest BCUT2D eigenvalue weighted by Crippen LogP contribution is 2.49. The van der Waals surface area contributed by atoms with Crippen molar-refractivity contribution in [2.75, 3.05) is 13.7 Å². The average Bonchev–Trinajstić information content (AvgIpc) is 3.19. The summed E-state index contributed by atoms with van der Waals surface area (Å²) in [6.45, 7) is 0.687. The number of carbonyl (C=O) groups is 3. The van der Waals surface area contributed by atoms with Gasteiger partial charge in [-0.15, -0.1) is 0 Å². The van der Waals surface area contributed by atoms with Crippen molar-refractivity contribution in [3.05, 3.63) is 48.0 Å². The number of rotatable bonds is 7. The Morgan fingerprint density at radius 1 is 1.24 bits per heavy atom. The molecule has 0 N–H and O–H groups in total. The summed E-state index contributed by atoms with van der Waals surface area (Å²) in [5.74, 6) is -0.822. The van der Waals surface area contributed by atoms with E-state index in [1.807, 2.05) is 42.5 Å². The molecule has 33 heavy (non-hydrogen) atoms. The first-order valence-electron chi connectivity index (χ1n) is 11.6. The van der Waals surface area contributed by atoms with Crippen molar-refractivity contribution in [3.63, 3.8) is 0 Å². The molecule has 1 aliphatic carbocycles. The third kappa shape index (κ3) is 4.82. The zero-order valence-electron chi connectivity index (χ0n) is 18.9. The summed E-state index contributed by atoms with van der Waals surface area (Å²) in [6.07, 6.45) is 7.31. The van der Waals surface area contributed by atoms with Crippen LogP contribution in [0.2, 0.25) is 0 Å². The van der Waals surface area contributed by atoms with Gasteiger partial charge >= 0.3 is 12.1 Å². The van der Waals surface area contributed by atoms with Crippen LogP contribution in [0.1, 0.15) is 44.1 Å². The second-order valence-corrected chi connectivity index (χ2v) is 8.75. The quantitative estimate of drug-likeness (QED) is 0.352. The lowest BCUT2D eigenvalue weighted by Crippen LogP contribution is -2.56. The molecule has 2 heterocycles. The molecule has 0 spiro atoms. The molecule has 8 heteroatoms. The number of hydrogen-bond donors (Lipinski definition) is 0. The van der Waals surface area contributed by atoms with Crippen molar-refractivity contribution in [1.82, 2.24) is 4.90 Å². The van der Waals surface area contributed by atoms with Gasteiger partial charge in [0.25, 0.3) is 0 Å². The van der Waals surface area contributed by atoms with Crippen molar-refractivity contribution < 1.29 is 33.3 Å². The summed E-state index contributed by atoms with van der Waals surface area (Å²) in [5.41, 5.74) is -0.0948. The molecule has 1 aromatic rings. The van der Waals surface area contributed by atoms with Crippen LogP contribution in [0.4, 0.5) is 4.79 Å². The minimum Gasteiger partial charge on any atom is -0.467 e. The highest BCUT2D eigenvalue weighted by atomic mass is 16.7. The lowest BCUT2D eigenvalue weighted by atomic mass is 9.74. The van der Waals surface area contributed by atoms with E-state index in [2.05, 4.69) is 0 Å². The molecule has 2 saturated heterocycles. The van der Waals surface area contributed by atoms with Crippen LogP contribution < -0.4 is 0 Å². The van der Waals surface area contributed by atoms with E-state index in [1.165, 1.54) is 12.0 Å². The number of esters is 1. The maximum absolute atomic E-state index is 13.3. The fourth-order valence-electron chi connectivity index (χ4n) is 5.26. The first-order chi connectivity index (χ1) is 16.1. The maximum Gasteiger partial charge on any atom is 0.411 e. The SMILES string of the molecule is COC(=O)[C@@H]1C[C@@]2(OC3CCCCO3)[C@H](CC=O)C=CC[C@H]2N1C(=O)OCc1ccccc1. The fraction of sp³-hybridized carbons (Fsp3) is 0.560. The number of methoxy groups -OCH3 is 1. The Kier molecular flexibility index (Phi) is 7.45. The van der Waals surface area contributed by atoms with Crippen molar-refractivity contribution in [1.29, 1.82) is 0 Å². The molecule has 178 valence electrons. The summed E-state index contributed by atoms with van der Waals surface area (Å²) in [5, 5.41) is 0. The molecular formula is C25H31NO7. The summed E-state index contributed by atoms with van der Waals surface area (Å²) < 4.78 is 23.1. The predicted octanol–water partition coefficient (Wildman–Crippen LogP) is 3.39. The topological polar surface area (TPSA) is 91.4 Å². The Morgan fingerprint density at radius 2 is 2.06 bits per heavy atom. The third-order valence-electron chi connectivity index (χ3n) is 6.83. The number of likely N-dealkylation sites (tertiary alicyclic amines) is 1. The molecule has 1 amide bonds. The van der Waals surface area contributed by atoms with Crippen molar-refractivity contribution in [2.24, 2.45) is 5.92 Å². The third-order valence-corrected chi connectivity index (χ3v) is 6.83. The smallest absolute Gasteiger partial charge is 0.411 e. The van der Waals surface area contributed by atoms with Gasteiger partial charge in [-0.2, -0.15) is 0 Å². The Morgan fingerprint density at radius 3 is 2.76 bits per heavy atom. The number of amides is 1. The van der Waals surface area contributed by atoms with Crippen LogP contribution in [0.5, 0.6) is 0 Å². The lowest BCUT2D eigenvalue weighted by molar-refractivity contribution is -0.243. The number of fused-ring (bicyclic) bond motifs is 1. The van der Waals surface area contributed by atoms with E-state index in [1.54, 1.807) is 0 Å². The fourth-order valence-corrected chi connectivity index (χ4v) is 5.26. The molecule has 0 bridgehead atoms. The molecule has 2 fully saturated rings. The van der Waals surface area contributed by atoms with Gasteiger partial charge in [-0.3, -0.25) is 4.90 Å². The van der Waals surface area contributed by atoms with E-state index in [4.69, 9.17) is 18.9 Å². The zero-order chi connectivity index (χ0) is 23.3. The average molecular weight is 458 g/mol. The molecule has 1 unspecified atom stereocenters. The number of ether oxygens (including phenoxy) is 4. The molecule has 1 aromatic carbocycles. The summed E-state index contributed by atoms with van der Waals surface area (Å²) >= 11 is 0. The van der Waals surface area contributed by atoms with E-state index in [0.29, 0.717) is 13.0 Å². The second-order valence-electron chi connectivity index (χ2n) is 8.75. The van der Waals surface area contributed by atoms with E-state index in [-0.39, 0.29) is 25.4 Å². The molecule has 5 atom stereocenters. The van der Waals surface area contributed by atoms with Crippen molar-refractivity contribution in [2.45, 2.75) is 69.1 Å². The van der Waals surface area contributed by atoms with Gasteiger partial charge in [-0.1, -0.05) is 42.5 Å². The molecule has 0 radical (unpaired) electrons. The Labute approximate surface area is 193 Å². The van der Waals surface area contributed by atoms with Crippen LogP contribution in [0.15, 0.2) is 42.5 Å². The number of aldehydes is 1. The zero-order valence-corrected chi connectivity index (χ0v) is 18.9. The van der Waals surface area contributed by atoms with E-state index < -0.39 is 36.0 Å². The minimum atomic E-state index is -0.942. The molecule has 2 aliphatic heterocycles. The van der Waals surface area contributed by atoms with Gasteiger partial charge in [0.1, 0.15) is 24.5 Å². The van der Waals surface area contributed by atoms with Crippen molar-refractivity contribution in [3.8, 4) is 0 Å². The standard InChI is InChI=1S/C25H31NO7/c1-30-23(28)20-16-25(33-22-12-5-6-15-31-22)19(13-14-27)10-7-11-21(25)26(20)24(29)32-17-18-8-3-2-4-9-18/h2-4,7-10,14,19-22H,5-6,11-13,15-17H2,1H3/t19-,20-,21+,22?,25+/m0/s1. The van der Waals surface area contributed by atoms with Gasteiger partial charge in [0.15, 0.2) is 6.29 Å². The van der Waals surface area contributed by atoms with Crippen LogP contribution in [0.3, 0.4) is 0 Å². The minimum absolute atomic E-state index is 0.0873. The van der Waals surface area contributed by atoms with Gasteiger partial charge in [0.2, 0.25) is 0 Å². The normalized spacial score (nSPS) is 31.0. The highest BCUT2D eigenvalue weighted by Gasteiger charge is 2.62. The summed E-state index contributed by atoms with van der Waals surface area (Å²) in [6, 6.07) is 8.01. The predicted molar refractivity (Wildman–Crippen MR) is 118 cm³/mol. The maximum atomic E-state index is 13.3. The number of hydrogen-bond acceptors (Lipinski definition) is 7. The van der Waals surface area contributed by atoms with Gasteiger partial charge in [-0.25, -0.2) is 9.59 Å². The van der Waals surface area contributed by atoms with Crippen LogP contribution in [0.25, 0.3) is 0 Å². The highest BCUT2D eigenvalue weighted by molar-refractivity contribution is 5.83. The first-order valence-corrected chi connectivity index (χ1v) is 11.6. The Bertz CT molecular complexity index is 867. The second kappa shape index (κ2) is 10.5. The van der Waals surface area contributed by atoms with Gasteiger partial charge in [0.05, 0.1) is 13.2 Å². The van der Waals surface area contributed by atoms with Crippen LogP contribution in [-0.4, -0.2) is 60.9 Å². The number of nitrogens with zero attached hydrogens (tertiary/aromatic N) is 1. The molecule has 4 rings (SSSR count). The molecule has 0 saturated carbocycles. The molecule has 8 nitrogen and oxygen atoms in total. The lowest BCUT2D eigenvalue weighted by Gasteiger charge is -2.45. The molecule has 3 aliphatic rings. The monoisotopic (exact) mass is 457 g/mol. The largest absolute Gasteiger partial charge is 0.467 e. The van der Waals surface area contributed by atoms with E-state index in [0.717, 1.165) is 31.1 Å². The van der Waals surface area contributed by atoms with E-state index in [9.17, 15) is 14.4 Å².